The fraction of sp³-hybridized carbons (Fsp3) is 0.667. The third-order valence-electron chi connectivity index (χ3n) is 4.56. The largest absolute Gasteiger partial charge is 0.381 e. The van der Waals surface area contributed by atoms with Crippen LogP contribution < -0.4 is 16.0 Å². The van der Waals surface area contributed by atoms with E-state index in [1.54, 1.807) is 6.07 Å². The molecule has 8 nitrogen and oxygen atoms in total. The summed E-state index contributed by atoms with van der Waals surface area (Å²) in [5.74, 6) is 1.86. The van der Waals surface area contributed by atoms with Crippen LogP contribution in [0.5, 0.6) is 0 Å². The van der Waals surface area contributed by atoms with E-state index in [0.717, 1.165) is 57.3 Å². The predicted octanol–water partition coefficient (Wildman–Crippen LogP) is 2.11. The Morgan fingerprint density at radius 3 is 2.90 bits per heavy atom. The van der Waals surface area contributed by atoms with E-state index in [2.05, 4.69) is 25.9 Å². The lowest BCUT2D eigenvalue weighted by Gasteiger charge is -2.21. The number of hydrogen-bond acceptors (Lipinski definition) is 5. The van der Waals surface area contributed by atoms with Crippen LogP contribution in [-0.2, 0) is 14.3 Å². The van der Waals surface area contributed by atoms with Crippen LogP contribution in [0.15, 0.2) is 23.2 Å². The van der Waals surface area contributed by atoms with Gasteiger partial charge in [-0.1, -0.05) is 6.07 Å². The summed E-state index contributed by atoms with van der Waals surface area (Å²) in [5.41, 5.74) is 0.874. The first-order chi connectivity index (χ1) is 14.2. The highest BCUT2D eigenvalue weighted by molar-refractivity contribution is 5.90. The fourth-order valence-corrected chi connectivity index (χ4v) is 2.97. The van der Waals surface area contributed by atoms with Gasteiger partial charge in [-0.25, -0.2) is 4.98 Å². The molecule has 8 heteroatoms. The third kappa shape index (κ3) is 10.2. The number of pyridine rings is 1. The zero-order valence-corrected chi connectivity index (χ0v) is 17.7. The molecule has 1 aliphatic heterocycles. The van der Waals surface area contributed by atoms with Crippen molar-refractivity contribution in [2.45, 2.75) is 39.5 Å². The van der Waals surface area contributed by atoms with Crippen LogP contribution in [0.25, 0.3) is 0 Å². The molecule has 2 rings (SSSR count). The summed E-state index contributed by atoms with van der Waals surface area (Å²) in [6.45, 7) is 9.11. The molecule has 29 heavy (non-hydrogen) atoms. The first-order valence-electron chi connectivity index (χ1n) is 10.6. The number of rotatable bonds is 11. The van der Waals surface area contributed by atoms with Crippen LogP contribution in [0.1, 0.15) is 38.3 Å². The highest BCUT2D eigenvalue weighted by atomic mass is 16.5. The van der Waals surface area contributed by atoms with Crippen molar-refractivity contribution in [1.82, 2.24) is 15.6 Å². The maximum absolute atomic E-state index is 12.1. The molecular weight excluding hydrogens is 370 g/mol. The van der Waals surface area contributed by atoms with Crippen LogP contribution in [-0.4, -0.2) is 62.9 Å². The maximum Gasteiger partial charge on any atom is 0.227 e. The van der Waals surface area contributed by atoms with Gasteiger partial charge in [-0.05, 0) is 51.2 Å². The molecule has 3 N–H and O–H groups in total. The van der Waals surface area contributed by atoms with Gasteiger partial charge in [-0.15, -0.1) is 0 Å². The number of amides is 1. The second-order valence-corrected chi connectivity index (χ2v) is 7.13. The predicted molar refractivity (Wildman–Crippen MR) is 115 cm³/mol. The van der Waals surface area contributed by atoms with E-state index < -0.39 is 0 Å². The summed E-state index contributed by atoms with van der Waals surface area (Å²) >= 11 is 0. The standard InChI is InChI=1S/C21H35N5O3/c1-3-22-21(23-11-5-13-29-16-18-9-14-28-15-10-18)24-12-8-20(27)26-19-7-4-6-17(2)25-19/h4,6-7,18H,3,5,8-16H2,1-2H3,(H2,22,23,24)(H,25,26,27). The van der Waals surface area contributed by atoms with Crippen molar-refractivity contribution in [2.24, 2.45) is 10.9 Å². The van der Waals surface area contributed by atoms with E-state index in [4.69, 9.17) is 9.47 Å². The lowest BCUT2D eigenvalue weighted by Crippen LogP contribution is -2.38. The first-order valence-corrected chi connectivity index (χ1v) is 10.6. The quantitative estimate of drug-likeness (QED) is 0.296. The average Bonchev–Trinajstić information content (AvgIpc) is 2.71. The molecule has 1 fully saturated rings. The molecule has 1 aromatic rings. The van der Waals surface area contributed by atoms with Crippen LogP contribution >= 0.6 is 0 Å². The number of carbonyl (C=O) groups excluding carboxylic acids is 1. The number of hydrogen-bond donors (Lipinski definition) is 3. The van der Waals surface area contributed by atoms with E-state index in [0.29, 0.717) is 37.9 Å². The summed E-state index contributed by atoms with van der Waals surface area (Å²) in [7, 11) is 0. The van der Waals surface area contributed by atoms with Crippen molar-refractivity contribution in [1.29, 1.82) is 0 Å². The Labute approximate surface area is 173 Å². The van der Waals surface area contributed by atoms with E-state index in [1.807, 2.05) is 26.0 Å². The Kier molecular flexibility index (Phi) is 11.1. The van der Waals surface area contributed by atoms with Crippen molar-refractivity contribution in [2.75, 3.05) is 51.4 Å². The first kappa shape index (κ1) is 23.1. The molecule has 0 atom stereocenters. The molecule has 1 aliphatic rings. The maximum atomic E-state index is 12.1. The second kappa shape index (κ2) is 13.9. The molecule has 1 saturated heterocycles. The molecule has 0 unspecified atom stereocenters. The van der Waals surface area contributed by atoms with Gasteiger partial charge in [0, 0.05) is 58.2 Å². The molecule has 0 bridgehead atoms. The topological polar surface area (TPSA) is 96.9 Å². The Bertz CT molecular complexity index is 632. The Morgan fingerprint density at radius 1 is 1.31 bits per heavy atom. The van der Waals surface area contributed by atoms with Crippen LogP contribution in [0.4, 0.5) is 5.82 Å². The van der Waals surface area contributed by atoms with Gasteiger partial charge in [0.15, 0.2) is 5.96 Å². The van der Waals surface area contributed by atoms with Gasteiger partial charge in [0.2, 0.25) is 5.91 Å². The van der Waals surface area contributed by atoms with Gasteiger partial charge in [-0.2, -0.15) is 0 Å². The Morgan fingerprint density at radius 2 is 2.14 bits per heavy atom. The summed E-state index contributed by atoms with van der Waals surface area (Å²) in [5, 5.41) is 9.20. The minimum atomic E-state index is -0.0760. The molecular formula is C21H35N5O3. The minimum absolute atomic E-state index is 0.0760. The number of ether oxygens (including phenoxy) is 2. The molecule has 162 valence electrons. The van der Waals surface area contributed by atoms with Gasteiger partial charge in [0.25, 0.3) is 0 Å². The van der Waals surface area contributed by atoms with Crippen LogP contribution in [0.2, 0.25) is 0 Å². The molecule has 0 radical (unpaired) electrons. The number of carbonyl (C=O) groups is 1. The number of anilines is 1. The molecule has 0 saturated carbocycles. The van der Waals surface area contributed by atoms with Crippen molar-refractivity contribution < 1.29 is 14.3 Å². The number of nitrogens with one attached hydrogen (secondary N) is 3. The fourth-order valence-electron chi connectivity index (χ4n) is 2.97. The highest BCUT2D eigenvalue weighted by Crippen LogP contribution is 2.14. The van der Waals surface area contributed by atoms with E-state index in [1.165, 1.54) is 0 Å². The Balaban J connectivity index is 1.59. The van der Waals surface area contributed by atoms with Gasteiger partial charge in [0.1, 0.15) is 5.82 Å². The molecule has 1 amide bonds. The van der Waals surface area contributed by atoms with Gasteiger partial charge < -0.3 is 25.4 Å². The lowest BCUT2D eigenvalue weighted by molar-refractivity contribution is -0.116. The van der Waals surface area contributed by atoms with Crippen molar-refractivity contribution in [3.63, 3.8) is 0 Å². The second-order valence-electron chi connectivity index (χ2n) is 7.13. The smallest absolute Gasteiger partial charge is 0.227 e. The SMILES string of the molecule is CCNC(=NCCCOCC1CCOCC1)NCCC(=O)Nc1cccc(C)n1. The number of aromatic nitrogens is 1. The molecule has 2 heterocycles. The van der Waals surface area contributed by atoms with Gasteiger partial charge in [0.05, 0.1) is 0 Å². The minimum Gasteiger partial charge on any atom is -0.381 e. The summed E-state index contributed by atoms with van der Waals surface area (Å²) < 4.78 is 11.1. The van der Waals surface area contributed by atoms with E-state index in [9.17, 15) is 4.79 Å². The molecule has 1 aromatic heterocycles. The third-order valence-corrected chi connectivity index (χ3v) is 4.56. The molecule has 0 aromatic carbocycles. The van der Waals surface area contributed by atoms with Crippen LogP contribution in [0, 0.1) is 12.8 Å². The number of aryl methyl sites for hydroxylation is 1. The summed E-state index contributed by atoms with van der Waals surface area (Å²) in [6, 6.07) is 5.56. The van der Waals surface area contributed by atoms with Crippen molar-refractivity contribution in [3.05, 3.63) is 23.9 Å². The molecule has 0 aliphatic carbocycles. The number of guanidine groups is 1. The number of nitrogens with zero attached hydrogens (tertiary/aromatic N) is 2. The zero-order valence-electron chi connectivity index (χ0n) is 17.7. The average molecular weight is 406 g/mol. The monoisotopic (exact) mass is 405 g/mol. The molecule has 0 spiro atoms. The van der Waals surface area contributed by atoms with Crippen LogP contribution in [0.3, 0.4) is 0 Å². The normalized spacial score (nSPS) is 15.2. The zero-order chi connectivity index (χ0) is 20.7. The number of aliphatic imine (C=N–C) groups is 1. The summed E-state index contributed by atoms with van der Waals surface area (Å²) in [6.07, 6.45) is 3.41. The van der Waals surface area contributed by atoms with E-state index >= 15 is 0 Å². The lowest BCUT2D eigenvalue weighted by atomic mass is 10.0. The Hall–Kier alpha value is -2.19. The van der Waals surface area contributed by atoms with Crippen molar-refractivity contribution in [3.8, 4) is 0 Å². The van der Waals surface area contributed by atoms with Crippen molar-refractivity contribution >= 4 is 17.7 Å². The van der Waals surface area contributed by atoms with Gasteiger partial charge >= 0.3 is 0 Å². The van der Waals surface area contributed by atoms with Gasteiger partial charge in [-0.3, -0.25) is 9.79 Å². The van der Waals surface area contributed by atoms with E-state index in [-0.39, 0.29) is 5.91 Å². The highest BCUT2D eigenvalue weighted by Gasteiger charge is 2.13. The summed E-state index contributed by atoms with van der Waals surface area (Å²) in [4.78, 5) is 20.9.